The minimum atomic E-state index is -1.54. The highest BCUT2D eigenvalue weighted by Gasteiger charge is 2.44. The molecule has 1 aliphatic heterocycles. The number of hydrogen-bond donors (Lipinski definition) is 4. The molecule has 1 saturated heterocycles. The van der Waals surface area contributed by atoms with E-state index in [4.69, 9.17) is 4.74 Å². The molecular formula is C8H14FNO6. The van der Waals surface area contributed by atoms with Crippen molar-refractivity contribution in [2.24, 2.45) is 0 Å². The molecule has 4 N–H and O–H groups in total. The molecule has 1 unspecified atom stereocenters. The quantitative estimate of drug-likeness (QED) is 0.446. The zero-order valence-electron chi connectivity index (χ0n) is 8.54. The van der Waals surface area contributed by atoms with Crippen molar-refractivity contribution in [3.8, 4) is 0 Å². The monoisotopic (exact) mass is 239 g/mol. The van der Waals surface area contributed by atoms with Crippen molar-refractivity contribution in [3.05, 3.63) is 0 Å². The molecule has 8 heteroatoms. The van der Waals surface area contributed by atoms with Crippen LogP contribution < -0.4 is 5.32 Å². The van der Waals surface area contributed by atoms with Gasteiger partial charge in [-0.3, -0.25) is 4.79 Å². The molecule has 1 fully saturated rings. The van der Waals surface area contributed by atoms with Crippen LogP contribution in [0.2, 0.25) is 0 Å². The fraction of sp³-hybridized carbons (Fsp3) is 0.875. The van der Waals surface area contributed by atoms with E-state index in [1.54, 1.807) is 0 Å². The van der Waals surface area contributed by atoms with E-state index in [1.165, 1.54) is 6.92 Å². The molecule has 7 nitrogen and oxygen atoms in total. The molecule has 0 spiro atoms. The third-order valence-corrected chi connectivity index (χ3v) is 2.32. The summed E-state index contributed by atoms with van der Waals surface area (Å²) in [5.74, 6) is -0.501. The Bertz CT molecular complexity index is 253. The van der Waals surface area contributed by atoms with Gasteiger partial charge in [0.25, 0.3) is 0 Å². The Kier molecular flexibility index (Phi) is 4.56. The first-order valence-corrected chi connectivity index (χ1v) is 4.67. The molecule has 0 aromatic rings. The Balaban J connectivity index is 2.67. The molecule has 16 heavy (non-hydrogen) atoms. The number of carbonyl (C=O) groups is 1. The Morgan fingerprint density at radius 2 is 2.06 bits per heavy atom. The van der Waals surface area contributed by atoms with Crippen molar-refractivity contribution in [2.75, 3.05) is 6.61 Å². The van der Waals surface area contributed by atoms with E-state index in [-0.39, 0.29) is 0 Å². The van der Waals surface area contributed by atoms with Crippen molar-refractivity contribution in [1.29, 1.82) is 0 Å². The van der Waals surface area contributed by atoms with Crippen molar-refractivity contribution in [2.45, 2.75) is 37.6 Å². The van der Waals surface area contributed by atoms with Gasteiger partial charge in [0, 0.05) is 6.92 Å². The number of nitrogens with one attached hydrogen (secondary N) is 1. The SMILES string of the molecule is CC(=O)N[C@@H]1C(O)O[C@H](COF)[C@@H](O)[C@@H]1O. The summed E-state index contributed by atoms with van der Waals surface area (Å²) in [6.45, 7) is 0.560. The topological polar surface area (TPSA) is 108 Å². The van der Waals surface area contributed by atoms with Crippen LogP contribution in [0.15, 0.2) is 0 Å². The van der Waals surface area contributed by atoms with Crippen molar-refractivity contribution in [3.63, 3.8) is 0 Å². The second-order valence-corrected chi connectivity index (χ2v) is 3.55. The largest absolute Gasteiger partial charge is 0.388 e. The number of aliphatic hydroxyl groups excluding tert-OH is 3. The van der Waals surface area contributed by atoms with Crippen LogP contribution in [0.1, 0.15) is 6.92 Å². The van der Waals surface area contributed by atoms with Crippen molar-refractivity contribution < 1.29 is 34.3 Å². The van der Waals surface area contributed by atoms with Gasteiger partial charge in [0.1, 0.15) is 31.0 Å². The molecule has 5 atom stereocenters. The standard InChI is InChI=1S/C8H14FNO6/c1-3(11)10-5-7(13)6(12)4(2-15-9)16-8(5)14/h4-8,12-14H,2H2,1H3,(H,10,11)/t4-,5+,6-,7-,8?/m1/s1. The molecule has 94 valence electrons. The maximum absolute atomic E-state index is 11.6. The lowest BCUT2D eigenvalue weighted by molar-refractivity contribution is -0.276. The highest BCUT2D eigenvalue weighted by molar-refractivity contribution is 5.73. The predicted octanol–water partition coefficient (Wildman–Crippen LogP) is -2.17. The smallest absolute Gasteiger partial charge is 0.217 e. The van der Waals surface area contributed by atoms with Gasteiger partial charge in [0.05, 0.1) is 0 Å². The Morgan fingerprint density at radius 1 is 1.44 bits per heavy atom. The van der Waals surface area contributed by atoms with E-state index in [0.29, 0.717) is 0 Å². The van der Waals surface area contributed by atoms with Gasteiger partial charge < -0.3 is 25.4 Å². The summed E-state index contributed by atoms with van der Waals surface area (Å²) in [7, 11) is 0. The van der Waals surface area contributed by atoms with E-state index in [0.717, 1.165) is 0 Å². The first-order chi connectivity index (χ1) is 7.47. The number of aliphatic hydroxyl groups is 3. The van der Waals surface area contributed by atoms with Gasteiger partial charge in [0.2, 0.25) is 5.91 Å². The van der Waals surface area contributed by atoms with Crippen LogP contribution in [0.4, 0.5) is 4.53 Å². The van der Waals surface area contributed by atoms with Gasteiger partial charge >= 0.3 is 0 Å². The van der Waals surface area contributed by atoms with Gasteiger partial charge in [-0.05, 0) is 4.53 Å². The van der Waals surface area contributed by atoms with Crippen LogP contribution in [0, 0.1) is 0 Å². The van der Waals surface area contributed by atoms with E-state index < -0.39 is 43.2 Å². The molecule has 1 heterocycles. The van der Waals surface area contributed by atoms with Crippen LogP contribution >= 0.6 is 0 Å². The van der Waals surface area contributed by atoms with E-state index in [2.05, 4.69) is 10.3 Å². The summed E-state index contributed by atoms with van der Waals surface area (Å²) in [5.41, 5.74) is 0. The summed E-state index contributed by atoms with van der Waals surface area (Å²) >= 11 is 0. The zero-order valence-corrected chi connectivity index (χ0v) is 8.54. The third kappa shape index (κ3) is 2.86. The average Bonchev–Trinajstić information content (AvgIpc) is 2.21. The highest BCUT2D eigenvalue weighted by Crippen LogP contribution is 2.20. The fourth-order valence-corrected chi connectivity index (χ4v) is 1.54. The van der Waals surface area contributed by atoms with Crippen LogP contribution in [0.3, 0.4) is 0 Å². The maximum atomic E-state index is 11.6. The summed E-state index contributed by atoms with van der Waals surface area (Å²) < 4.78 is 16.4. The molecule has 0 aromatic heterocycles. The van der Waals surface area contributed by atoms with Crippen LogP contribution in [0.25, 0.3) is 0 Å². The van der Waals surface area contributed by atoms with E-state index in [1.807, 2.05) is 0 Å². The van der Waals surface area contributed by atoms with Crippen LogP contribution in [0.5, 0.6) is 0 Å². The summed E-state index contributed by atoms with van der Waals surface area (Å²) in [5, 5.41) is 30.7. The summed E-state index contributed by atoms with van der Waals surface area (Å²) in [6, 6.07) is -1.16. The number of hydrogen-bond acceptors (Lipinski definition) is 6. The molecule has 0 saturated carbocycles. The Morgan fingerprint density at radius 3 is 2.56 bits per heavy atom. The summed E-state index contributed by atoms with van der Waals surface area (Å²) in [4.78, 5) is 14.0. The molecule has 1 aliphatic rings. The fourth-order valence-electron chi connectivity index (χ4n) is 1.54. The number of ether oxygens (including phenoxy) is 1. The van der Waals surface area contributed by atoms with Gasteiger partial charge in [0.15, 0.2) is 6.29 Å². The molecular weight excluding hydrogens is 225 g/mol. The number of rotatable bonds is 3. The second kappa shape index (κ2) is 5.51. The molecule has 1 rings (SSSR count). The van der Waals surface area contributed by atoms with E-state index in [9.17, 15) is 24.6 Å². The average molecular weight is 239 g/mol. The van der Waals surface area contributed by atoms with Crippen LogP contribution in [-0.4, -0.2) is 58.5 Å². The lowest BCUT2D eigenvalue weighted by Gasteiger charge is -2.40. The number of amides is 1. The first-order valence-electron chi connectivity index (χ1n) is 4.67. The van der Waals surface area contributed by atoms with Crippen LogP contribution in [-0.2, 0) is 14.5 Å². The van der Waals surface area contributed by atoms with Crippen molar-refractivity contribution >= 4 is 5.91 Å². The molecule has 0 aromatic carbocycles. The van der Waals surface area contributed by atoms with Gasteiger partial charge in [-0.25, -0.2) is 0 Å². The first kappa shape index (κ1) is 13.3. The Hall–Kier alpha value is -0.800. The van der Waals surface area contributed by atoms with Gasteiger partial charge in [-0.15, -0.1) is 0 Å². The third-order valence-electron chi connectivity index (χ3n) is 2.32. The molecule has 0 aliphatic carbocycles. The predicted molar refractivity (Wildman–Crippen MR) is 47.6 cm³/mol. The minimum Gasteiger partial charge on any atom is -0.388 e. The van der Waals surface area contributed by atoms with Crippen molar-refractivity contribution in [1.82, 2.24) is 5.32 Å². The molecule has 0 radical (unpaired) electrons. The number of carbonyl (C=O) groups excluding carboxylic acids is 1. The minimum absolute atomic E-state index is 0.501. The lowest BCUT2D eigenvalue weighted by Crippen LogP contribution is -2.64. The zero-order chi connectivity index (χ0) is 12.3. The highest BCUT2D eigenvalue weighted by atomic mass is 19.3. The van der Waals surface area contributed by atoms with Gasteiger partial charge in [-0.1, -0.05) is 0 Å². The summed E-state index contributed by atoms with van der Waals surface area (Å²) in [6.07, 6.45) is -5.66. The molecule has 1 amide bonds. The van der Waals surface area contributed by atoms with Gasteiger partial charge in [-0.2, -0.15) is 4.94 Å². The maximum Gasteiger partial charge on any atom is 0.217 e. The lowest BCUT2D eigenvalue weighted by atomic mass is 9.97. The van der Waals surface area contributed by atoms with E-state index >= 15 is 0 Å². The Labute approximate surface area is 90.7 Å². The second-order valence-electron chi connectivity index (χ2n) is 3.55. The number of halogens is 1. The normalized spacial score (nSPS) is 39.4. The molecule has 0 bridgehead atoms.